The number of benzene rings is 5. The topological polar surface area (TPSA) is 153 Å². The molecule has 0 radical (unpaired) electrons. The third-order valence-electron chi connectivity index (χ3n) is 7.55. The number of non-ortho nitro benzene ring substituents is 1. The van der Waals surface area contributed by atoms with Gasteiger partial charge in [0.25, 0.3) is 17.5 Å². The van der Waals surface area contributed by atoms with Gasteiger partial charge in [0.2, 0.25) is 5.91 Å². The number of nitro benzene ring substituents is 1. The standard InChI is InChI=1S/C39H31N5O6S2/c1-2-50-30-19-22-32-34(24-30)52-39(42-32)43-38(47)35(26-9-5-3-6-10-26)51-31-20-15-28(16-21-31)40-37(46)33(41-36(45)27-11-7-4-8-12-27)23-25-13-17-29(18-14-25)44(48)49/h3-24,35H,2H2,1H3,(H,40,46)(H,41,45)(H,42,43,47)/b33-23-. The molecular weight excluding hydrogens is 699 g/mol. The van der Waals surface area contributed by atoms with E-state index in [9.17, 15) is 24.5 Å². The summed E-state index contributed by atoms with van der Waals surface area (Å²) in [7, 11) is 0. The van der Waals surface area contributed by atoms with Crippen LogP contribution >= 0.6 is 23.1 Å². The molecule has 1 heterocycles. The van der Waals surface area contributed by atoms with Gasteiger partial charge in [-0.25, -0.2) is 4.98 Å². The minimum atomic E-state index is -0.614. The molecule has 3 amide bonds. The lowest BCUT2D eigenvalue weighted by Gasteiger charge is -2.16. The number of thioether (sulfide) groups is 1. The fraction of sp³-hybridized carbons (Fsp3) is 0.0769. The first kappa shape index (κ1) is 35.5. The number of nitro groups is 1. The Balaban J connectivity index is 1.18. The number of carbonyl (C=O) groups is 3. The summed E-state index contributed by atoms with van der Waals surface area (Å²) in [6, 6.07) is 36.0. The van der Waals surface area contributed by atoms with Crippen LogP contribution in [0.1, 0.15) is 33.7 Å². The molecule has 13 heteroatoms. The lowest BCUT2D eigenvalue weighted by molar-refractivity contribution is -0.384. The molecule has 0 aliphatic rings. The molecule has 1 aromatic heterocycles. The van der Waals surface area contributed by atoms with E-state index in [0.29, 0.717) is 28.6 Å². The fourth-order valence-corrected chi connectivity index (χ4v) is 6.96. The quantitative estimate of drug-likeness (QED) is 0.0463. The summed E-state index contributed by atoms with van der Waals surface area (Å²) in [5, 5.41) is 19.4. The molecule has 0 bridgehead atoms. The van der Waals surface area contributed by atoms with Crippen LogP contribution in [0.2, 0.25) is 0 Å². The molecule has 0 aliphatic heterocycles. The van der Waals surface area contributed by atoms with E-state index in [1.807, 2.05) is 55.5 Å². The number of fused-ring (bicyclic) bond motifs is 1. The van der Waals surface area contributed by atoms with Crippen molar-refractivity contribution in [2.24, 2.45) is 0 Å². The Hall–Kier alpha value is -6.31. The van der Waals surface area contributed by atoms with E-state index in [-0.39, 0.29) is 17.3 Å². The van der Waals surface area contributed by atoms with Crippen LogP contribution in [0.4, 0.5) is 16.5 Å². The molecule has 0 spiro atoms. The maximum Gasteiger partial charge on any atom is 0.272 e. The Bertz CT molecular complexity index is 2240. The number of hydrogen-bond donors (Lipinski definition) is 3. The van der Waals surface area contributed by atoms with Gasteiger partial charge >= 0.3 is 0 Å². The highest BCUT2D eigenvalue weighted by molar-refractivity contribution is 8.00. The molecule has 6 rings (SSSR count). The maximum atomic E-state index is 13.7. The second-order valence-electron chi connectivity index (χ2n) is 11.2. The van der Waals surface area contributed by atoms with Crippen LogP contribution in [0, 0.1) is 10.1 Å². The fourth-order valence-electron chi connectivity index (χ4n) is 5.04. The van der Waals surface area contributed by atoms with Gasteiger partial charge in [-0.3, -0.25) is 24.5 Å². The molecule has 0 saturated carbocycles. The summed E-state index contributed by atoms with van der Waals surface area (Å²) in [5.41, 5.74) is 2.66. The lowest BCUT2D eigenvalue weighted by Crippen LogP contribution is -2.30. The minimum absolute atomic E-state index is 0.0640. The van der Waals surface area contributed by atoms with Crippen LogP contribution in [-0.2, 0) is 9.59 Å². The van der Waals surface area contributed by atoms with Crippen LogP contribution in [0.5, 0.6) is 5.75 Å². The number of thiazole rings is 1. The van der Waals surface area contributed by atoms with Gasteiger partial charge in [-0.2, -0.15) is 0 Å². The summed E-state index contributed by atoms with van der Waals surface area (Å²) in [6.07, 6.45) is 1.44. The minimum Gasteiger partial charge on any atom is -0.494 e. The molecule has 260 valence electrons. The first-order valence-corrected chi connectivity index (χ1v) is 17.7. The van der Waals surface area contributed by atoms with Crippen LogP contribution < -0.4 is 20.7 Å². The predicted molar refractivity (Wildman–Crippen MR) is 205 cm³/mol. The molecule has 0 fully saturated rings. The van der Waals surface area contributed by atoms with E-state index < -0.39 is 22.0 Å². The normalized spacial score (nSPS) is 11.8. The van der Waals surface area contributed by atoms with Crippen LogP contribution in [0.15, 0.2) is 138 Å². The molecule has 11 nitrogen and oxygen atoms in total. The van der Waals surface area contributed by atoms with Crippen molar-refractivity contribution in [1.29, 1.82) is 0 Å². The zero-order chi connectivity index (χ0) is 36.5. The van der Waals surface area contributed by atoms with Gasteiger partial charge in [0.1, 0.15) is 16.7 Å². The van der Waals surface area contributed by atoms with Gasteiger partial charge in [0, 0.05) is 28.3 Å². The van der Waals surface area contributed by atoms with Gasteiger partial charge in [-0.15, -0.1) is 11.8 Å². The highest BCUT2D eigenvalue weighted by Gasteiger charge is 2.24. The highest BCUT2D eigenvalue weighted by Crippen LogP contribution is 2.38. The van der Waals surface area contributed by atoms with Crippen molar-refractivity contribution in [3.63, 3.8) is 0 Å². The number of nitrogens with zero attached hydrogens (tertiary/aromatic N) is 2. The molecule has 52 heavy (non-hydrogen) atoms. The third kappa shape index (κ3) is 9.07. The van der Waals surface area contributed by atoms with Crippen molar-refractivity contribution in [2.45, 2.75) is 17.1 Å². The van der Waals surface area contributed by atoms with E-state index in [2.05, 4.69) is 20.9 Å². The van der Waals surface area contributed by atoms with Gasteiger partial charge in [0.15, 0.2) is 5.13 Å². The van der Waals surface area contributed by atoms with E-state index in [1.165, 1.54) is 53.4 Å². The van der Waals surface area contributed by atoms with Crippen molar-refractivity contribution < 1.29 is 24.0 Å². The molecule has 0 aliphatic carbocycles. The smallest absolute Gasteiger partial charge is 0.272 e. The largest absolute Gasteiger partial charge is 0.494 e. The van der Waals surface area contributed by atoms with Crippen LogP contribution in [-0.4, -0.2) is 34.2 Å². The molecule has 3 N–H and O–H groups in total. The Labute approximate surface area is 306 Å². The number of anilines is 2. The van der Waals surface area contributed by atoms with Crippen molar-refractivity contribution >= 4 is 73.6 Å². The molecule has 1 atom stereocenters. The number of nitrogens with one attached hydrogen (secondary N) is 3. The third-order valence-corrected chi connectivity index (χ3v) is 9.75. The van der Waals surface area contributed by atoms with Crippen molar-refractivity contribution in [1.82, 2.24) is 10.3 Å². The lowest BCUT2D eigenvalue weighted by atomic mass is 10.1. The summed E-state index contributed by atoms with van der Waals surface area (Å²) < 4.78 is 6.50. The van der Waals surface area contributed by atoms with Crippen molar-refractivity contribution in [2.75, 3.05) is 17.2 Å². The number of carbonyl (C=O) groups excluding carboxylic acids is 3. The number of aromatic nitrogens is 1. The number of amides is 3. The number of hydrogen-bond acceptors (Lipinski definition) is 9. The van der Waals surface area contributed by atoms with E-state index >= 15 is 0 Å². The SMILES string of the molecule is CCOc1ccc2nc(NC(=O)C(Sc3ccc(NC(=O)/C(=C/c4ccc([N+](=O)[O-])cc4)NC(=O)c4ccccc4)cc3)c3ccccc3)sc2c1. The monoisotopic (exact) mass is 729 g/mol. The van der Waals surface area contributed by atoms with Crippen molar-refractivity contribution in [3.05, 3.63) is 160 Å². The number of rotatable bonds is 13. The van der Waals surface area contributed by atoms with Crippen molar-refractivity contribution in [3.8, 4) is 5.75 Å². The van der Waals surface area contributed by atoms with E-state index in [4.69, 9.17) is 4.74 Å². The zero-order valence-corrected chi connectivity index (χ0v) is 29.3. The summed E-state index contributed by atoms with van der Waals surface area (Å²) >= 11 is 2.71. The van der Waals surface area contributed by atoms with Gasteiger partial charge in [-0.05, 0) is 90.9 Å². The summed E-state index contributed by atoms with van der Waals surface area (Å²) in [5.74, 6) is -0.605. The van der Waals surface area contributed by atoms with Crippen LogP contribution in [0.25, 0.3) is 16.3 Å². The average Bonchev–Trinajstić information content (AvgIpc) is 3.56. The maximum absolute atomic E-state index is 13.7. The highest BCUT2D eigenvalue weighted by atomic mass is 32.2. The second-order valence-corrected chi connectivity index (χ2v) is 13.4. The predicted octanol–water partition coefficient (Wildman–Crippen LogP) is 8.48. The van der Waals surface area contributed by atoms with E-state index in [1.54, 1.807) is 54.6 Å². The molecule has 0 saturated heterocycles. The molecule has 1 unspecified atom stereocenters. The van der Waals surface area contributed by atoms with Gasteiger partial charge in [0.05, 0.1) is 21.7 Å². The van der Waals surface area contributed by atoms with Crippen LogP contribution in [0.3, 0.4) is 0 Å². The van der Waals surface area contributed by atoms with Gasteiger partial charge < -0.3 is 20.7 Å². The Morgan fingerprint density at radius 2 is 1.58 bits per heavy atom. The molecule has 5 aromatic carbocycles. The summed E-state index contributed by atoms with van der Waals surface area (Å²) in [6.45, 7) is 2.47. The first-order valence-electron chi connectivity index (χ1n) is 16.1. The summed E-state index contributed by atoms with van der Waals surface area (Å²) in [4.78, 5) is 56.2. The van der Waals surface area contributed by atoms with E-state index in [0.717, 1.165) is 26.4 Å². The molecule has 6 aromatic rings. The number of ether oxygens (including phenoxy) is 1. The zero-order valence-electron chi connectivity index (χ0n) is 27.6. The van der Waals surface area contributed by atoms with Gasteiger partial charge in [-0.1, -0.05) is 59.9 Å². The second kappa shape index (κ2) is 16.6. The average molecular weight is 730 g/mol. The first-order chi connectivity index (χ1) is 25.2. The molecular formula is C39H31N5O6S2. The Morgan fingerprint density at radius 3 is 2.25 bits per heavy atom. The Morgan fingerprint density at radius 1 is 0.885 bits per heavy atom. The Kier molecular flexibility index (Phi) is 11.3.